The molecule has 0 spiro atoms. The monoisotopic (exact) mass is 229 g/mol. The Hall–Kier alpha value is -1.61. The molecule has 0 amide bonds. The van der Waals surface area contributed by atoms with Crippen molar-refractivity contribution in [1.29, 1.82) is 0 Å². The van der Waals surface area contributed by atoms with Gasteiger partial charge >= 0.3 is 0 Å². The van der Waals surface area contributed by atoms with Crippen LogP contribution in [0.15, 0.2) is 42.7 Å². The van der Waals surface area contributed by atoms with Gasteiger partial charge in [-0.1, -0.05) is 37.3 Å². The highest BCUT2D eigenvalue weighted by atomic mass is 15.1. The SMILES string of the molecule is CCc1nccn1CC(NC)c1ccccc1. The fourth-order valence-electron chi connectivity index (χ4n) is 2.07. The molecule has 0 fully saturated rings. The van der Waals surface area contributed by atoms with Crippen LogP contribution in [0.1, 0.15) is 24.4 Å². The molecule has 1 heterocycles. The summed E-state index contributed by atoms with van der Waals surface area (Å²) in [6.07, 6.45) is 4.89. The molecule has 1 unspecified atom stereocenters. The molecule has 2 rings (SSSR count). The summed E-state index contributed by atoms with van der Waals surface area (Å²) < 4.78 is 2.22. The van der Waals surface area contributed by atoms with E-state index in [1.54, 1.807) is 0 Å². The topological polar surface area (TPSA) is 29.9 Å². The van der Waals surface area contributed by atoms with Gasteiger partial charge in [0.25, 0.3) is 0 Å². The Morgan fingerprint density at radius 1 is 1.29 bits per heavy atom. The second kappa shape index (κ2) is 5.64. The molecule has 2 aromatic rings. The highest BCUT2D eigenvalue weighted by molar-refractivity contribution is 5.18. The maximum Gasteiger partial charge on any atom is 0.108 e. The van der Waals surface area contributed by atoms with E-state index >= 15 is 0 Å². The van der Waals surface area contributed by atoms with Gasteiger partial charge in [-0.15, -0.1) is 0 Å². The molecule has 1 N–H and O–H groups in total. The Morgan fingerprint density at radius 2 is 2.06 bits per heavy atom. The van der Waals surface area contributed by atoms with Gasteiger partial charge in [-0.25, -0.2) is 4.98 Å². The third kappa shape index (κ3) is 2.74. The summed E-state index contributed by atoms with van der Waals surface area (Å²) in [5, 5.41) is 3.36. The Labute approximate surface area is 103 Å². The summed E-state index contributed by atoms with van der Waals surface area (Å²) in [6, 6.07) is 10.8. The average molecular weight is 229 g/mol. The van der Waals surface area contributed by atoms with Crippen molar-refractivity contribution in [1.82, 2.24) is 14.9 Å². The summed E-state index contributed by atoms with van der Waals surface area (Å²) in [5.41, 5.74) is 1.31. The quantitative estimate of drug-likeness (QED) is 0.853. The summed E-state index contributed by atoms with van der Waals surface area (Å²) in [5.74, 6) is 1.14. The first-order chi connectivity index (χ1) is 8.35. The largest absolute Gasteiger partial charge is 0.333 e. The number of aryl methyl sites for hydroxylation is 1. The van der Waals surface area contributed by atoms with Gasteiger partial charge in [-0.3, -0.25) is 0 Å². The van der Waals surface area contributed by atoms with E-state index in [1.165, 1.54) is 5.56 Å². The molecular formula is C14H19N3. The Morgan fingerprint density at radius 3 is 2.71 bits per heavy atom. The van der Waals surface area contributed by atoms with E-state index < -0.39 is 0 Å². The molecule has 1 aromatic carbocycles. The highest BCUT2D eigenvalue weighted by Gasteiger charge is 2.10. The normalized spacial score (nSPS) is 12.6. The van der Waals surface area contributed by atoms with Gasteiger partial charge in [-0.2, -0.15) is 0 Å². The number of nitrogens with zero attached hydrogens (tertiary/aromatic N) is 2. The van der Waals surface area contributed by atoms with Crippen LogP contribution in [0.2, 0.25) is 0 Å². The average Bonchev–Trinajstić information content (AvgIpc) is 2.84. The summed E-state index contributed by atoms with van der Waals surface area (Å²) in [7, 11) is 2.00. The van der Waals surface area contributed by atoms with Crippen LogP contribution in [0, 0.1) is 0 Å². The van der Waals surface area contributed by atoms with E-state index in [1.807, 2.05) is 25.5 Å². The van der Waals surface area contributed by atoms with E-state index in [-0.39, 0.29) is 0 Å². The van der Waals surface area contributed by atoms with Crippen molar-refractivity contribution >= 4 is 0 Å². The van der Waals surface area contributed by atoms with Gasteiger partial charge in [0.15, 0.2) is 0 Å². The molecule has 90 valence electrons. The third-order valence-electron chi connectivity index (χ3n) is 3.05. The van der Waals surface area contributed by atoms with Crippen LogP contribution in [-0.2, 0) is 13.0 Å². The number of rotatable bonds is 5. The van der Waals surface area contributed by atoms with E-state index in [9.17, 15) is 0 Å². The van der Waals surface area contributed by atoms with Gasteiger partial charge < -0.3 is 9.88 Å². The number of benzene rings is 1. The van der Waals surface area contributed by atoms with Gasteiger partial charge in [0.05, 0.1) is 0 Å². The van der Waals surface area contributed by atoms with Crippen LogP contribution in [0.4, 0.5) is 0 Å². The van der Waals surface area contributed by atoms with Crippen LogP contribution in [-0.4, -0.2) is 16.6 Å². The minimum Gasteiger partial charge on any atom is -0.333 e. The maximum absolute atomic E-state index is 4.35. The van der Waals surface area contributed by atoms with Gasteiger partial charge in [0, 0.05) is 31.4 Å². The van der Waals surface area contributed by atoms with Gasteiger partial charge in [-0.05, 0) is 12.6 Å². The van der Waals surface area contributed by atoms with Crippen molar-refractivity contribution in [2.24, 2.45) is 0 Å². The predicted octanol–water partition coefficient (Wildman–Crippen LogP) is 2.41. The van der Waals surface area contributed by atoms with Crippen LogP contribution in [0.5, 0.6) is 0 Å². The standard InChI is InChI=1S/C14H19N3/c1-3-14-16-9-10-17(14)11-13(15-2)12-7-5-4-6-8-12/h4-10,13,15H,3,11H2,1-2H3. The molecular weight excluding hydrogens is 210 g/mol. The Balaban J connectivity index is 2.16. The molecule has 0 aliphatic rings. The van der Waals surface area contributed by atoms with Gasteiger partial charge in [0.2, 0.25) is 0 Å². The second-order valence-corrected chi connectivity index (χ2v) is 4.10. The van der Waals surface area contributed by atoms with Crippen LogP contribution in [0.25, 0.3) is 0 Å². The molecule has 0 radical (unpaired) electrons. The second-order valence-electron chi connectivity index (χ2n) is 4.10. The summed E-state index contributed by atoms with van der Waals surface area (Å²) in [6.45, 7) is 3.05. The molecule has 0 aliphatic carbocycles. The van der Waals surface area contributed by atoms with Crippen LogP contribution >= 0.6 is 0 Å². The number of hydrogen-bond donors (Lipinski definition) is 1. The minimum atomic E-state index is 0.329. The number of nitrogens with one attached hydrogen (secondary N) is 1. The fraction of sp³-hybridized carbons (Fsp3) is 0.357. The van der Waals surface area contributed by atoms with Crippen molar-refractivity contribution in [2.75, 3.05) is 7.05 Å². The molecule has 0 aliphatic heterocycles. The van der Waals surface area contributed by atoms with Crippen molar-refractivity contribution in [3.8, 4) is 0 Å². The summed E-state index contributed by atoms with van der Waals surface area (Å²) >= 11 is 0. The summed E-state index contributed by atoms with van der Waals surface area (Å²) in [4.78, 5) is 4.35. The zero-order valence-corrected chi connectivity index (χ0v) is 10.4. The molecule has 1 atom stereocenters. The Kier molecular flexibility index (Phi) is 3.94. The molecule has 17 heavy (non-hydrogen) atoms. The number of likely N-dealkylation sites (N-methyl/N-ethyl adjacent to an activating group) is 1. The number of imidazole rings is 1. The highest BCUT2D eigenvalue weighted by Crippen LogP contribution is 2.15. The molecule has 0 saturated heterocycles. The van der Waals surface area contributed by atoms with E-state index in [4.69, 9.17) is 0 Å². The van der Waals surface area contributed by atoms with E-state index in [2.05, 4.69) is 46.1 Å². The first-order valence-electron chi connectivity index (χ1n) is 6.07. The minimum absolute atomic E-state index is 0.329. The molecule has 3 heteroatoms. The maximum atomic E-state index is 4.35. The molecule has 0 saturated carbocycles. The fourth-order valence-corrected chi connectivity index (χ4v) is 2.07. The first kappa shape index (κ1) is 11.9. The third-order valence-corrected chi connectivity index (χ3v) is 3.05. The van der Waals surface area contributed by atoms with Crippen molar-refractivity contribution in [3.05, 3.63) is 54.1 Å². The van der Waals surface area contributed by atoms with E-state index in [0.29, 0.717) is 6.04 Å². The van der Waals surface area contributed by atoms with Crippen LogP contribution in [0.3, 0.4) is 0 Å². The lowest BCUT2D eigenvalue weighted by Gasteiger charge is -2.18. The van der Waals surface area contributed by atoms with Crippen molar-refractivity contribution in [3.63, 3.8) is 0 Å². The Bertz CT molecular complexity index is 448. The first-order valence-corrected chi connectivity index (χ1v) is 6.07. The molecule has 1 aromatic heterocycles. The van der Waals surface area contributed by atoms with Gasteiger partial charge in [0.1, 0.15) is 5.82 Å². The zero-order chi connectivity index (χ0) is 12.1. The predicted molar refractivity (Wildman–Crippen MR) is 69.8 cm³/mol. The van der Waals surface area contributed by atoms with Crippen molar-refractivity contribution < 1.29 is 0 Å². The molecule has 0 bridgehead atoms. The van der Waals surface area contributed by atoms with Crippen LogP contribution < -0.4 is 5.32 Å². The molecule has 3 nitrogen and oxygen atoms in total. The number of aromatic nitrogens is 2. The zero-order valence-electron chi connectivity index (χ0n) is 10.4. The lowest BCUT2D eigenvalue weighted by atomic mass is 10.1. The van der Waals surface area contributed by atoms with E-state index in [0.717, 1.165) is 18.8 Å². The lowest BCUT2D eigenvalue weighted by Crippen LogP contribution is -2.22. The van der Waals surface area contributed by atoms with Crippen molar-refractivity contribution in [2.45, 2.75) is 25.9 Å². The smallest absolute Gasteiger partial charge is 0.108 e. The lowest BCUT2D eigenvalue weighted by molar-refractivity contribution is 0.489. The number of hydrogen-bond acceptors (Lipinski definition) is 2.